The number of nitrogens with one attached hydrogen (secondary N) is 1. The Balaban J connectivity index is 1.07. The van der Waals surface area contributed by atoms with Gasteiger partial charge in [-0.3, -0.25) is 4.98 Å². The summed E-state index contributed by atoms with van der Waals surface area (Å²) in [5, 5.41) is 5.85. The van der Waals surface area contributed by atoms with Crippen LogP contribution in [0.2, 0.25) is 0 Å². The predicted molar refractivity (Wildman–Crippen MR) is 165 cm³/mol. The van der Waals surface area contributed by atoms with E-state index >= 15 is 0 Å². The fraction of sp³-hybridized carbons (Fsp3) is 0.250. The number of aromatic nitrogens is 3. The first-order chi connectivity index (χ1) is 21.1. The van der Waals surface area contributed by atoms with Crippen molar-refractivity contribution in [1.29, 1.82) is 0 Å². The number of urea groups is 1. The molecule has 1 fully saturated rings. The first-order valence-corrected chi connectivity index (χ1v) is 14.0. The van der Waals surface area contributed by atoms with Gasteiger partial charge in [0.1, 0.15) is 30.3 Å². The van der Waals surface area contributed by atoms with Crippen LogP contribution < -0.4 is 24.4 Å². The molecule has 0 unspecified atom stereocenters. The minimum Gasteiger partial charge on any atom is -0.493 e. The number of fused-ring (bicyclic) bond motifs is 2. The van der Waals surface area contributed by atoms with Crippen molar-refractivity contribution in [3.05, 3.63) is 79.4 Å². The molecule has 3 heterocycles. The maximum Gasteiger partial charge on any atom is 0.321 e. The Morgan fingerprint density at radius 2 is 1.72 bits per heavy atom. The van der Waals surface area contributed by atoms with E-state index < -0.39 is 0 Å². The highest BCUT2D eigenvalue weighted by Gasteiger charge is 2.24. The molecule has 1 N–H and O–H groups in total. The molecule has 1 aliphatic rings. The quantitative estimate of drug-likeness (QED) is 0.230. The number of anilines is 2. The zero-order chi connectivity index (χ0) is 29.6. The molecule has 0 spiro atoms. The van der Waals surface area contributed by atoms with Crippen LogP contribution in [-0.2, 0) is 4.74 Å². The minimum atomic E-state index is -0.151. The van der Waals surface area contributed by atoms with Crippen molar-refractivity contribution in [2.45, 2.75) is 0 Å². The first kappa shape index (κ1) is 28.0. The molecule has 0 radical (unpaired) electrons. The zero-order valence-corrected chi connectivity index (χ0v) is 24.0. The number of amides is 2. The molecule has 3 aromatic carbocycles. The normalized spacial score (nSPS) is 13.3. The van der Waals surface area contributed by atoms with Gasteiger partial charge >= 0.3 is 6.03 Å². The maximum atomic E-state index is 13.1. The lowest BCUT2D eigenvalue weighted by Crippen LogP contribution is -2.50. The monoisotopic (exact) mass is 580 g/mol. The summed E-state index contributed by atoms with van der Waals surface area (Å²) < 4.78 is 22.6. The van der Waals surface area contributed by atoms with E-state index in [0.29, 0.717) is 62.3 Å². The molecule has 1 saturated heterocycles. The van der Waals surface area contributed by atoms with Crippen molar-refractivity contribution in [2.75, 3.05) is 63.8 Å². The van der Waals surface area contributed by atoms with Gasteiger partial charge in [0.2, 0.25) is 0 Å². The topological polar surface area (TPSA) is 111 Å². The lowest BCUT2D eigenvalue weighted by atomic mass is 10.1. The van der Waals surface area contributed by atoms with Gasteiger partial charge in [-0.2, -0.15) is 0 Å². The third kappa shape index (κ3) is 6.21. The molecule has 0 bridgehead atoms. The summed E-state index contributed by atoms with van der Waals surface area (Å²) in [6, 6.07) is 18.8. The van der Waals surface area contributed by atoms with Crippen LogP contribution in [0.3, 0.4) is 0 Å². The number of pyridine rings is 1. The molecule has 0 saturated carbocycles. The standard InChI is InChI=1S/C32H32N6O5/c1-40-16-17-42-30-19-27-26(18-29(30)41-2)31(35-21-34-27)37-12-14-38(15-13-37)32(39)36-23-6-8-24(9-7-23)43-28-5-3-4-22-20-33-11-10-25(22)28/h3-11,18-21H,12-17H2,1-2H3,(H,36,39). The molecular formula is C32H32N6O5. The van der Waals surface area contributed by atoms with E-state index in [2.05, 4.69) is 25.2 Å². The van der Waals surface area contributed by atoms with Crippen molar-refractivity contribution >= 4 is 39.2 Å². The van der Waals surface area contributed by atoms with Gasteiger partial charge in [-0.25, -0.2) is 14.8 Å². The molecule has 2 aromatic heterocycles. The number of rotatable bonds is 9. The minimum absolute atomic E-state index is 0.151. The van der Waals surface area contributed by atoms with Crippen molar-refractivity contribution in [3.8, 4) is 23.0 Å². The largest absolute Gasteiger partial charge is 0.493 e. The Bertz CT molecular complexity index is 1720. The van der Waals surface area contributed by atoms with Crippen LogP contribution in [-0.4, -0.2) is 79.5 Å². The average Bonchev–Trinajstić information content (AvgIpc) is 3.05. The fourth-order valence-electron chi connectivity index (χ4n) is 5.05. The number of hydrogen-bond acceptors (Lipinski definition) is 9. The summed E-state index contributed by atoms with van der Waals surface area (Å²) in [6.45, 7) is 3.22. The highest BCUT2D eigenvalue weighted by molar-refractivity contribution is 5.93. The molecule has 0 atom stereocenters. The van der Waals surface area contributed by atoms with E-state index in [4.69, 9.17) is 18.9 Å². The predicted octanol–water partition coefficient (Wildman–Crippen LogP) is 5.36. The van der Waals surface area contributed by atoms with Crippen LogP contribution in [0.4, 0.5) is 16.3 Å². The number of benzene rings is 3. The number of piperazine rings is 1. The number of ether oxygens (including phenoxy) is 4. The second-order valence-electron chi connectivity index (χ2n) is 9.94. The van der Waals surface area contributed by atoms with Gasteiger partial charge in [0, 0.05) is 73.6 Å². The maximum absolute atomic E-state index is 13.1. The van der Waals surface area contributed by atoms with Crippen molar-refractivity contribution in [1.82, 2.24) is 19.9 Å². The van der Waals surface area contributed by atoms with Crippen LogP contribution in [0.5, 0.6) is 23.0 Å². The second-order valence-corrected chi connectivity index (χ2v) is 9.94. The third-order valence-corrected chi connectivity index (χ3v) is 7.29. The number of hydrogen-bond donors (Lipinski definition) is 1. The van der Waals surface area contributed by atoms with E-state index in [9.17, 15) is 4.79 Å². The van der Waals surface area contributed by atoms with Crippen LogP contribution in [0, 0.1) is 0 Å². The van der Waals surface area contributed by atoms with Gasteiger partial charge in [-0.15, -0.1) is 0 Å². The van der Waals surface area contributed by atoms with Crippen molar-refractivity contribution in [2.24, 2.45) is 0 Å². The lowest BCUT2D eigenvalue weighted by Gasteiger charge is -2.35. The van der Waals surface area contributed by atoms with Gasteiger partial charge in [0.05, 0.1) is 19.2 Å². The number of carbonyl (C=O) groups is 1. The van der Waals surface area contributed by atoms with Crippen LogP contribution in [0.1, 0.15) is 0 Å². The zero-order valence-electron chi connectivity index (χ0n) is 24.0. The van der Waals surface area contributed by atoms with Crippen molar-refractivity contribution < 1.29 is 23.7 Å². The molecule has 11 heteroatoms. The Morgan fingerprint density at radius 3 is 2.51 bits per heavy atom. The van der Waals surface area contributed by atoms with E-state index in [1.54, 1.807) is 31.6 Å². The summed E-state index contributed by atoms with van der Waals surface area (Å²) in [4.78, 5) is 30.2. The van der Waals surface area contributed by atoms with Crippen LogP contribution in [0.15, 0.2) is 79.4 Å². The number of nitrogens with zero attached hydrogens (tertiary/aromatic N) is 5. The summed E-state index contributed by atoms with van der Waals surface area (Å²) in [5.74, 6) is 3.43. The molecule has 1 aliphatic heterocycles. The van der Waals surface area contributed by atoms with E-state index in [0.717, 1.165) is 33.2 Å². The number of carbonyl (C=O) groups excluding carboxylic acids is 1. The average molecular weight is 581 g/mol. The first-order valence-electron chi connectivity index (χ1n) is 14.0. The summed E-state index contributed by atoms with van der Waals surface area (Å²) in [5.41, 5.74) is 1.45. The van der Waals surface area contributed by atoms with Gasteiger partial charge in [-0.1, -0.05) is 12.1 Å². The highest BCUT2D eigenvalue weighted by Crippen LogP contribution is 2.35. The molecule has 43 heavy (non-hydrogen) atoms. The molecule has 11 nitrogen and oxygen atoms in total. The molecule has 2 amide bonds. The van der Waals surface area contributed by atoms with Gasteiger partial charge < -0.3 is 34.1 Å². The Labute approximate surface area is 249 Å². The van der Waals surface area contributed by atoms with E-state index in [1.165, 1.54) is 0 Å². The Morgan fingerprint density at radius 1 is 0.884 bits per heavy atom. The Hall–Kier alpha value is -5.16. The summed E-state index contributed by atoms with van der Waals surface area (Å²) in [7, 11) is 3.23. The highest BCUT2D eigenvalue weighted by atomic mass is 16.5. The van der Waals surface area contributed by atoms with E-state index in [1.807, 2.05) is 66.9 Å². The smallest absolute Gasteiger partial charge is 0.321 e. The molecule has 5 aromatic rings. The fourth-order valence-corrected chi connectivity index (χ4v) is 5.05. The Kier molecular flexibility index (Phi) is 8.32. The molecule has 6 rings (SSSR count). The second kappa shape index (κ2) is 12.8. The third-order valence-electron chi connectivity index (χ3n) is 7.29. The van der Waals surface area contributed by atoms with Gasteiger partial charge in [0.25, 0.3) is 0 Å². The van der Waals surface area contributed by atoms with Gasteiger partial charge in [-0.05, 0) is 42.5 Å². The molecule has 0 aliphatic carbocycles. The van der Waals surface area contributed by atoms with Crippen LogP contribution in [0.25, 0.3) is 21.7 Å². The van der Waals surface area contributed by atoms with Gasteiger partial charge in [0.15, 0.2) is 11.5 Å². The summed E-state index contributed by atoms with van der Waals surface area (Å²) >= 11 is 0. The summed E-state index contributed by atoms with van der Waals surface area (Å²) in [6.07, 6.45) is 5.11. The molecule has 220 valence electrons. The molecular weight excluding hydrogens is 548 g/mol. The number of methoxy groups -OCH3 is 2. The van der Waals surface area contributed by atoms with E-state index in [-0.39, 0.29) is 6.03 Å². The lowest BCUT2D eigenvalue weighted by molar-refractivity contribution is 0.144. The van der Waals surface area contributed by atoms with Crippen molar-refractivity contribution in [3.63, 3.8) is 0 Å². The SMILES string of the molecule is COCCOc1cc2ncnc(N3CCN(C(=O)Nc4ccc(Oc5cccc6cnccc56)cc4)CC3)c2cc1OC. The van der Waals surface area contributed by atoms with Crippen LogP contribution >= 0.6 is 0 Å².